The minimum atomic E-state index is -1.49. The van der Waals surface area contributed by atoms with Crippen LogP contribution in [0.1, 0.15) is 26.3 Å². The second-order valence-corrected chi connectivity index (χ2v) is 7.73. The lowest BCUT2D eigenvalue weighted by molar-refractivity contribution is -0.151. The van der Waals surface area contributed by atoms with Crippen LogP contribution in [0.4, 0.5) is 0 Å². The maximum absolute atomic E-state index is 12.1. The van der Waals surface area contributed by atoms with Crippen LogP contribution in [0, 0.1) is 6.92 Å². The Bertz CT molecular complexity index is 647. The van der Waals surface area contributed by atoms with Crippen LogP contribution in [0.5, 0.6) is 11.5 Å². The molecular formula is C19H23O4P. The summed E-state index contributed by atoms with van der Waals surface area (Å²) in [5.41, 5.74) is 0.608. The summed E-state index contributed by atoms with van der Waals surface area (Å²) in [6, 6.07) is 17.0. The van der Waals surface area contributed by atoms with Gasteiger partial charge in [-0.1, -0.05) is 35.9 Å². The topological polar surface area (TPSA) is 44.8 Å². The fourth-order valence-corrected chi connectivity index (χ4v) is 3.03. The molecule has 0 fully saturated rings. The van der Waals surface area contributed by atoms with Crippen LogP contribution < -0.4 is 9.05 Å². The van der Waals surface area contributed by atoms with Crippen molar-refractivity contribution in [1.29, 1.82) is 0 Å². The monoisotopic (exact) mass is 346 g/mol. The number of hydrogen-bond acceptors (Lipinski definition) is 4. The Hall–Kier alpha value is -2.06. The van der Waals surface area contributed by atoms with Gasteiger partial charge in [-0.2, -0.15) is 0 Å². The molecule has 5 heteroatoms. The molecule has 0 N–H and O–H groups in total. The first kappa shape index (κ1) is 18.3. The van der Waals surface area contributed by atoms with Gasteiger partial charge in [0.25, 0.3) is 0 Å². The first-order chi connectivity index (χ1) is 11.3. The van der Waals surface area contributed by atoms with E-state index >= 15 is 0 Å². The molecule has 2 aromatic carbocycles. The van der Waals surface area contributed by atoms with E-state index in [2.05, 4.69) is 0 Å². The van der Waals surface area contributed by atoms with Gasteiger partial charge in [-0.25, -0.2) is 0 Å². The third-order valence-corrected chi connectivity index (χ3v) is 4.20. The highest BCUT2D eigenvalue weighted by Crippen LogP contribution is 2.40. The molecule has 0 aliphatic rings. The Morgan fingerprint density at radius 2 is 1.46 bits per heavy atom. The normalized spacial score (nSPS) is 12.3. The number of ether oxygens (including phenoxy) is 1. The van der Waals surface area contributed by atoms with Crippen molar-refractivity contribution in [2.45, 2.75) is 33.3 Å². The fourth-order valence-electron chi connectivity index (χ4n) is 1.88. The van der Waals surface area contributed by atoms with Gasteiger partial charge in [0, 0.05) is 0 Å². The molecule has 0 bridgehead atoms. The highest BCUT2D eigenvalue weighted by molar-refractivity contribution is 7.49. The highest BCUT2D eigenvalue weighted by atomic mass is 31.2. The molecule has 2 aromatic rings. The van der Waals surface area contributed by atoms with E-state index in [1.54, 1.807) is 0 Å². The summed E-state index contributed by atoms with van der Waals surface area (Å²) in [4.78, 5) is 12.1. The molecule has 4 nitrogen and oxygen atoms in total. The average Bonchev–Trinajstić information content (AvgIpc) is 2.48. The van der Waals surface area contributed by atoms with Gasteiger partial charge in [-0.15, -0.1) is 0 Å². The number of carbonyl (C=O) groups is 1. The molecule has 0 radical (unpaired) electrons. The van der Waals surface area contributed by atoms with E-state index in [9.17, 15) is 4.79 Å². The minimum Gasteiger partial charge on any atom is -0.460 e. The Morgan fingerprint density at radius 3 is 2.00 bits per heavy atom. The molecule has 0 saturated carbocycles. The molecule has 0 saturated heterocycles. The van der Waals surface area contributed by atoms with Crippen LogP contribution in [-0.4, -0.2) is 17.7 Å². The molecular weight excluding hydrogens is 323 g/mol. The van der Waals surface area contributed by atoms with E-state index in [0.717, 1.165) is 5.56 Å². The van der Waals surface area contributed by atoms with Crippen LogP contribution in [0.25, 0.3) is 0 Å². The molecule has 0 spiro atoms. The van der Waals surface area contributed by atoms with Crippen LogP contribution in [0.2, 0.25) is 0 Å². The molecule has 0 aliphatic heterocycles. The van der Waals surface area contributed by atoms with Crippen molar-refractivity contribution in [3.63, 3.8) is 0 Å². The fraction of sp³-hybridized carbons (Fsp3) is 0.316. The van der Waals surface area contributed by atoms with Crippen molar-refractivity contribution in [2.75, 3.05) is 6.16 Å². The first-order valence-corrected chi connectivity index (χ1v) is 9.15. The molecule has 24 heavy (non-hydrogen) atoms. The van der Waals surface area contributed by atoms with Crippen LogP contribution in [-0.2, 0) is 9.53 Å². The first-order valence-electron chi connectivity index (χ1n) is 7.79. The lowest BCUT2D eigenvalue weighted by atomic mass is 10.2. The Kier molecular flexibility index (Phi) is 6.22. The summed E-state index contributed by atoms with van der Waals surface area (Å²) in [5.74, 6) is 1.00. The van der Waals surface area contributed by atoms with Gasteiger partial charge >= 0.3 is 14.3 Å². The average molecular weight is 346 g/mol. The quantitative estimate of drug-likeness (QED) is 0.539. The molecule has 1 atom stereocenters. The van der Waals surface area contributed by atoms with E-state index in [-0.39, 0.29) is 12.1 Å². The lowest BCUT2D eigenvalue weighted by Gasteiger charge is -2.22. The molecule has 0 heterocycles. The van der Waals surface area contributed by atoms with E-state index in [1.165, 1.54) is 0 Å². The number of rotatable bonds is 6. The van der Waals surface area contributed by atoms with Crippen molar-refractivity contribution >= 4 is 14.3 Å². The van der Waals surface area contributed by atoms with Crippen molar-refractivity contribution in [3.8, 4) is 11.5 Å². The zero-order valence-corrected chi connectivity index (χ0v) is 15.4. The number of benzene rings is 2. The zero-order chi connectivity index (χ0) is 17.6. The second kappa shape index (κ2) is 8.16. The SMILES string of the molecule is Cc1ccc(OP(CC(=O)OC(C)(C)C)Oc2ccccc2)cc1. The summed E-state index contributed by atoms with van der Waals surface area (Å²) in [6.07, 6.45) is 0.0649. The minimum absolute atomic E-state index is 0.0649. The van der Waals surface area contributed by atoms with Gasteiger partial charge in [0.05, 0.1) is 0 Å². The van der Waals surface area contributed by atoms with Crippen molar-refractivity contribution in [2.24, 2.45) is 0 Å². The maximum atomic E-state index is 12.1. The molecule has 0 aliphatic carbocycles. The van der Waals surface area contributed by atoms with Crippen LogP contribution in [0.15, 0.2) is 54.6 Å². The number of para-hydroxylation sites is 1. The number of hydrogen-bond donors (Lipinski definition) is 0. The molecule has 128 valence electrons. The predicted molar refractivity (Wildman–Crippen MR) is 96.5 cm³/mol. The van der Waals surface area contributed by atoms with Crippen molar-refractivity contribution in [1.82, 2.24) is 0 Å². The molecule has 1 unspecified atom stereocenters. The van der Waals surface area contributed by atoms with Crippen LogP contribution in [0.3, 0.4) is 0 Å². The van der Waals surface area contributed by atoms with Gasteiger partial charge < -0.3 is 13.8 Å². The zero-order valence-electron chi connectivity index (χ0n) is 14.5. The number of carbonyl (C=O) groups excluding carboxylic acids is 1. The van der Waals surface area contributed by atoms with E-state index < -0.39 is 14.0 Å². The van der Waals surface area contributed by atoms with E-state index in [4.69, 9.17) is 13.8 Å². The number of aryl methyl sites for hydroxylation is 1. The van der Waals surface area contributed by atoms with Crippen molar-refractivity contribution < 1.29 is 18.6 Å². The standard InChI is InChI=1S/C19H23O4P/c1-15-10-12-17(13-11-15)23-24(14-18(20)21-19(2,3)4)22-16-8-6-5-7-9-16/h5-13H,14H2,1-4H3. The number of esters is 1. The van der Waals surface area contributed by atoms with Gasteiger partial charge in [0.2, 0.25) is 0 Å². The summed E-state index contributed by atoms with van der Waals surface area (Å²) in [6.45, 7) is 7.53. The summed E-state index contributed by atoms with van der Waals surface area (Å²) < 4.78 is 17.2. The van der Waals surface area contributed by atoms with E-state index in [0.29, 0.717) is 11.5 Å². The molecule has 2 rings (SSSR count). The molecule has 0 aromatic heterocycles. The Labute approximate surface area is 144 Å². The van der Waals surface area contributed by atoms with Gasteiger partial charge in [-0.05, 0) is 52.0 Å². The maximum Gasteiger partial charge on any atom is 0.317 e. The van der Waals surface area contributed by atoms with Crippen LogP contribution >= 0.6 is 8.38 Å². The molecule has 0 amide bonds. The predicted octanol–water partition coefficient (Wildman–Crippen LogP) is 5.11. The smallest absolute Gasteiger partial charge is 0.317 e. The Balaban J connectivity index is 2.08. The Morgan fingerprint density at radius 1 is 0.917 bits per heavy atom. The van der Waals surface area contributed by atoms with Gasteiger partial charge in [0.15, 0.2) is 0 Å². The van der Waals surface area contributed by atoms with Gasteiger partial charge in [-0.3, -0.25) is 4.79 Å². The highest BCUT2D eigenvalue weighted by Gasteiger charge is 2.24. The lowest BCUT2D eigenvalue weighted by Crippen LogP contribution is -2.26. The largest absolute Gasteiger partial charge is 0.460 e. The summed E-state index contributed by atoms with van der Waals surface area (Å²) in [5, 5.41) is 0. The third kappa shape index (κ3) is 6.59. The third-order valence-electron chi connectivity index (χ3n) is 2.86. The van der Waals surface area contributed by atoms with Crippen molar-refractivity contribution in [3.05, 3.63) is 60.2 Å². The second-order valence-electron chi connectivity index (χ2n) is 6.39. The van der Waals surface area contributed by atoms with E-state index in [1.807, 2.05) is 82.3 Å². The summed E-state index contributed by atoms with van der Waals surface area (Å²) >= 11 is 0. The summed E-state index contributed by atoms with van der Waals surface area (Å²) in [7, 11) is -1.49. The van der Waals surface area contributed by atoms with Gasteiger partial charge in [0.1, 0.15) is 23.3 Å².